The number of hydrogen-bond acceptors (Lipinski definition) is 0. The Bertz CT molecular complexity index is 200. The highest BCUT2D eigenvalue weighted by Gasteiger charge is 2.23. The molecular weight excluding hydrogens is 262 g/mol. The van der Waals surface area contributed by atoms with Crippen LogP contribution in [0.2, 0.25) is 0 Å². The Hall–Kier alpha value is 0.130. The minimum Gasteiger partial charge on any atom is -0.0776 e. The maximum atomic E-state index is 2.42. The molecule has 1 saturated carbocycles. The van der Waals surface area contributed by atoms with Crippen molar-refractivity contribution < 1.29 is 2.85 Å². The first-order chi connectivity index (χ1) is 8.38. The fourth-order valence-electron chi connectivity index (χ4n) is 3.31. The van der Waals surface area contributed by atoms with Crippen molar-refractivity contribution in [3.05, 3.63) is 0 Å². The number of hydrogen-bond donors (Lipinski definition) is 0. The van der Waals surface area contributed by atoms with Gasteiger partial charge in [0.05, 0.1) is 0 Å². The van der Waals surface area contributed by atoms with Crippen LogP contribution >= 0.6 is 0 Å². The van der Waals surface area contributed by atoms with Gasteiger partial charge in [0.25, 0.3) is 0 Å². The van der Waals surface area contributed by atoms with Gasteiger partial charge in [0.2, 0.25) is 0 Å². The van der Waals surface area contributed by atoms with Gasteiger partial charge in [-0.15, -0.1) is 0 Å². The molecule has 2 heteroatoms. The van der Waals surface area contributed by atoms with Crippen LogP contribution in [-0.2, 0) is 0 Å². The summed E-state index contributed by atoms with van der Waals surface area (Å²) >= 11 is 0. The number of rotatable bonds is 4. The average molecular weight is 314 g/mol. The van der Waals surface area contributed by atoms with Gasteiger partial charge in [-0.1, -0.05) is 89.0 Å². The van der Waals surface area contributed by atoms with E-state index in [1.54, 1.807) is 0 Å². The van der Waals surface area contributed by atoms with Crippen molar-refractivity contribution in [2.75, 3.05) is 0 Å². The molecule has 1 fully saturated rings. The highest BCUT2D eigenvalue weighted by atomic mass is 14.3. The topological polar surface area (TPSA) is 0 Å². The Labute approximate surface area is 151 Å². The Morgan fingerprint density at radius 2 is 1.36 bits per heavy atom. The summed E-state index contributed by atoms with van der Waals surface area (Å²) in [6, 6.07) is 0. The van der Waals surface area contributed by atoms with Crippen LogP contribution in [0, 0.1) is 29.6 Å². The van der Waals surface area contributed by atoms with E-state index in [2.05, 4.69) is 48.5 Å². The predicted octanol–water partition coefficient (Wildman–Crippen LogP) is 7.55. The quantitative estimate of drug-likeness (QED) is 0.470. The molecule has 136 valence electrons. The highest BCUT2D eigenvalue weighted by molar-refractivity contribution is 5.76. The molecule has 0 aromatic rings. The van der Waals surface area contributed by atoms with Gasteiger partial charge in [-0.3, -0.25) is 0 Å². The molecule has 22 heavy (non-hydrogen) atoms. The zero-order valence-corrected chi connectivity index (χ0v) is 15.3. The van der Waals surface area contributed by atoms with Gasteiger partial charge >= 0.3 is 0 Å². The van der Waals surface area contributed by atoms with E-state index in [9.17, 15) is 0 Å². The molecule has 0 aliphatic heterocycles. The van der Waals surface area contributed by atoms with Crippen molar-refractivity contribution >= 4 is 16.8 Å². The summed E-state index contributed by atoms with van der Waals surface area (Å²) in [5, 5.41) is 0. The third-order valence-electron chi connectivity index (χ3n) is 4.60. The predicted molar refractivity (Wildman–Crippen MR) is 114 cm³/mol. The van der Waals surface area contributed by atoms with Crippen LogP contribution in [0.15, 0.2) is 0 Å². The van der Waals surface area contributed by atoms with Crippen LogP contribution in [-0.4, -0.2) is 16.8 Å². The normalized spacial score (nSPS) is 21.1. The van der Waals surface area contributed by atoms with Crippen molar-refractivity contribution in [3.63, 3.8) is 0 Å². The van der Waals surface area contributed by atoms with E-state index in [1.165, 1.54) is 38.5 Å². The van der Waals surface area contributed by atoms with Crippen molar-refractivity contribution in [1.82, 2.24) is 0 Å². The lowest BCUT2D eigenvalue weighted by Crippen LogP contribution is -2.21. The summed E-state index contributed by atoms with van der Waals surface area (Å²) in [5.41, 5.74) is 0. The van der Waals surface area contributed by atoms with Gasteiger partial charge in [0.1, 0.15) is 0 Å². The molecule has 3 atom stereocenters. The maximum absolute atomic E-state index is 2.42. The van der Waals surface area contributed by atoms with Crippen molar-refractivity contribution in [2.45, 2.75) is 102 Å². The molecule has 6 radical (unpaired) electrons. The van der Waals surface area contributed by atoms with Crippen LogP contribution < -0.4 is 0 Å². The van der Waals surface area contributed by atoms with E-state index >= 15 is 0 Å². The summed E-state index contributed by atoms with van der Waals surface area (Å²) in [6.45, 7) is 16.3. The van der Waals surface area contributed by atoms with E-state index in [0.29, 0.717) is 0 Å². The van der Waals surface area contributed by atoms with E-state index in [-0.39, 0.29) is 34.5 Å². The molecular formula is C20H50B2. The summed E-state index contributed by atoms with van der Waals surface area (Å²) in [4.78, 5) is 0. The van der Waals surface area contributed by atoms with E-state index in [1.807, 2.05) is 0 Å². The zero-order valence-electron chi connectivity index (χ0n) is 15.3. The molecule has 0 N–H and O–H groups in total. The molecule has 0 aromatic carbocycles. The van der Waals surface area contributed by atoms with Crippen molar-refractivity contribution in [1.29, 1.82) is 0 Å². The fraction of sp³-hybridized carbons (Fsp3) is 1.00. The van der Waals surface area contributed by atoms with Crippen LogP contribution in [0.1, 0.15) is 105 Å². The second-order valence-electron chi connectivity index (χ2n) is 7.31. The zero-order chi connectivity index (χ0) is 14.1. The Morgan fingerprint density at radius 3 is 1.59 bits per heavy atom. The molecule has 0 spiro atoms. The molecule has 1 aliphatic carbocycles. The van der Waals surface area contributed by atoms with Gasteiger partial charge in [-0.2, -0.15) is 0 Å². The van der Waals surface area contributed by atoms with Crippen LogP contribution in [0.4, 0.5) is 0 Å². The lowest BCUT2D eigenvalue weighted by molar-refractivity contribution is 0.196. The second-order valence-corrected chi connectivity index (χ2v) is 7.31. The first-order valence-corrected chi connectivity index (χ1v) is 8.38. The molecule has 0 aromatic heterocycles. The fourth-order valence-corrected chi connectivity index (χ4v) is 3.31. The smallest absolute Gasteiger partial charge is 0 e. The van der Waals surface area contributed by atoms with Gasteiger partial charge in [-0.25, -0.2) is 0 Å². The van der Waals surface area contributed by atoms with Gasteiger partial charge in [0.15, 0.2) is 0 Å². The molecule has 0 amide bonds. The lowest BCUT2D eigenvalue weighted by atomic mass is 9.75. The van der Waals surface area contributed by atoms with Crippen LogP contribution in [0.3, 0.4) is 0 Å². The molecule has 3 unspecified atom stereocenters. The van der Waals surface area contributed by atoms with Crippen molar-refractivity contribution in [2.24, 2.45) is 29.6 Å². The third-order valence-corrected chi connectivity index (χ3v) is 4.60. The SMILES string of the molecule is C.C.CC(C)C1CCCCC1C.CCC(C)CC(C)C.[2HH].[2HH].[B].[B]. The molecule has 1 aliphatic rings. The van der Waals surface area contributed by atoms with Crippen LogP contribution in [0.5, 0.6) is 0 Å². The van der Waals surface area contributed by atoms with Crippen LogP contribution in [0.25, 0.3) is 0 Å². The lowest BCUT2D eigenvalue weighted by Gasteiger charge is -2.31. The van der Waals surface area contributed by atoms with Gasteiger partial charge in [0, 0.05) is 19.7 Å². The third kappa shape index (κ3) is 16.5. The van der Waals surface area contributed by atoms with Crippen molar-refractivity contribution in [3.8, 4) is 0 Å². The standard InChI is InChI=1S/C10H20.C8H18.2CH4.2B.2H2/c1-8(2)10-7-5-4-6-9(10)3;1-5-8(4)6-7(2)3;;;;;;/h8-10H,4-7H2,1-3H3;7-8H,5-6H2,1-4H3;2*1H4;;;2*1H/i;;;;;;2*1+1. The average Bonchev–Trinajstić information content (AvgIpc) is 2.29. The summed E-state index contributed by atoms with van der Waals surface area (Å²) in [5.74, 6) is 4.73. The maximum Gasteiger partial charge on any atom is 0 e. The molecule has 1 rings (SSSR count). The first-order valence-electron chi connectivity index (χ1n) is 8.38. The van der Waals surface area contributed by atoms with E-state index in [4.69, 9.17) is 0 Å². The minimum absolute atomic E-state index is 0. The van der Waals surface area contributed by atoms with E-state index in [0.717, 1.165) is 29.6 Å². The summed E-state index contributed by atoms with van der Waals surface area (Å²) < 4.78 is 0. The summed E-state index contributed by atoms with van der Waals surface area (Å²) in [6.07, 6.45) is 8.63. The highest BCUT2D eigenvalue weighted by Crippen LogP contribution is 2.34. The monoisotopic (exact) mass is 314 g/mol. The molecule has 0 saturated heterocycles. The molecule has 0 heterocycles. The van der Waals surface area contributed by atoms with Gasteiger partial charge in [-0.05, 0) is 42.4 Å². The Balaban J connectivity index is -0.0000000392. The second kappa shape index (κ2) is 19.2. The minimum atomic E-state index is 0. The first kappa shape index (κ1) is 33.7. The molecule has 0 bridgehead atoms. The summed E-state index contributed by atoms with van der Waals surface area (Å²) in [7, 11) is 0. The molecule has 0 nitrogen and oxygen atoms in total. The Kier molecular flexibility index (Phi) is 29.4. The Morgan fingerprint density at radius 1 is 0.909 bits per heavy atom. The van der Waals surface area contributed by atoms with E-state index < -0.39 is 0 Å². The largest absolute Gasteiger partial charge is 0.0776 e. The van der Waals surface area contributed by atoms with Gasteiger partial charge < -0.3 is 0 Å².